The van der Waals surface area contributed by atoms with Crippen molar-refractivity contribution in [2.45, 2.75) is 13.3 Å². The van der Waals surface area contributed by atoms with Gasteiger partial charge in [-0.05, 0) is 61.0 Å². The van der Waals surface area contributed by atoms with Gasteiger partial charge in [0.1, 0.15) is 5.75 Å². The highest BCUT2D eigenvalue weighted by Crippen LogP contribution is 2.17. The van der Waals surface area contributed by atoms with Gasteiger partial charge in [0.2, 0.25) is 0 Å². The number of anilines is 1. The summed E-state index contributed by atoms with van der Waals surface area (Å²) >= 11 is 0. The minimum atomic E-state index is -0.425. The average Bonchev–Trinajstić information content (AvgIpc) is 2.90. The van der Waals surface area contributed by atoms with Gasteiger partial charge in [-0.25, -0.2) is 5.43 Å². The summed E-state index contributed by atoms with van der Waals surface area (Å²) < 4.78 is 5.50. The molecule has 37 heavy (non-hydrogen) atoms. The predicted molar refractivity (Wildman–Crippen MR) is 143 cm³/mol. The molecule has 0 aliphatic heterocycles. The van der Waals surface area contributed by atoms with Gasteiger partial charge in [0.15, 0.2) is 0 Å². The Balaban J connectivity index is 1.33. The van der Waals surface area contributed by atoms with E-state index in [1.54, 1.807) is 60.7 Å². The topological polar surface area (TPSA) is 96.9 Å². The zero-order chi connectivity index (χ0) is 26.0. The molecule has 4 aromatic rings. The number of aryl methyl sites for hydroxylation is 1. The number of ether oxygens (including phenoxy) is 1. The Morgan fingerprint density at radius 1 is 0.784 bits per heavy atom. The van der Waals surface area contributed by atoms with E-state index >= 15 is 0 Å². The molecule has 0 saturated carbocycles. The molecular formula is C30H25N3O4. The van der Waals surface area contributed by atoms with Gasteiger partial charge in [0.05, 0.1) is 12.6 Å². The summed E-state index contributed by atoms with van der Waals surface area (Å²) in [5.74, 6) is -0.708. The van der Waals surface area contributed by atoms with E-state index in [4.69, 9.17) is 4.74 Å². The van der Waals surface area contributed by atoms with Crippen LogP contribution in [0, 0.1) is 6.92 Å². The maximum Gasteiger partial charge on any atom is 0.315 e. The van der Waals surface area contributed by atoms with Crippen LogP contribution in [-0.4, -0.2) is 24.0 Å². The minimum Gasteiger partial charge on any atom is -0.426 e. The third kappa shape index (κ3) is 7.22. The van der Waals surface area contributed by atoms with E-state index in [0.717, 1.165) is 11.1 Å². The molecule has 0 fully saturated rings. The molecule has 7 heteroatoms. The number of esters is 1. The molecule has 184 valence electrons. The minimum absolute atomic E-state index is 0.143. The lowest BCUT2D eigenvalue weighted by molar-refractivity contribution is -0.133. The SMILES string of the molecule is Cc1cccc(C(=O)Nc2ccc(C(=O)N/N=C\c3ccccc3OC(=O)Cc3ccccc3)cc2)c1. The highest BCUT2D eigenvalue weighted by Gasteiger charge is 2.10. The third-order valence-electron chi connectivity index (χ3n) is 5.39. The zero-order valence-electron chi connectivity index (χ0n) is 20.2. The van der Waals surface area contributed by atoms with E-state index in [0.29, 0.717) is 28.1 Å². The van der Waals surface area contributed by atoms with Crippen molar-refractivity contribution in [1.82, 2.24) is 5.43 Å². The number of hydrogen-bond acceptors (Lipinski definition) is 5. The smallest absolute Gasteiger partial charge is 0.315 e. The fourth-order valence-corrected chi connectivity index (χ4v) is 3.52. The molecule has 0 spiro atoms. The van der Waals surface area contributed by atoms with Gasteiger partial charge in [0.25, 0.3) is 11.8 Å². The Morgan fingerprint density at radius 3 is 2.27 bits per heavy atom. The average molecular weight is 492 g/mol. The molecule has 0 atom stereocenters. The van der Waals surface area contributed by atoms with Crippen molar-refractivity contribution in [1.29, 1.82) is 0 Å². The molecule has 0 heterocycles. The van der Waals surface area contributed by atoms with Crippen molar-refractivity contribution in [2.75, 3.05) is 5.32 Å². The quantitative estimate of drug-likeness (QED) is 0.154. The van der Waals surface area contributed by atoms with Crippen LogP contribution in [0.4, 0.5) is 5.69 Å². The Labute approximate surface area is 214 Å². The van der Waals surface area contributed by atoms with E-state index in [1.807, 2.05) is 49.4 Å². The highest BCUT2D eigenvalue weighted by molar-refractivity contribution is 6.04. The Kier molecular flexibility index (Phi) is 8.18. The number of nitrogens with one attached hydrogen (secondary N) is 2. The summed E-state index contributed by atoms with van der Waals surface area (Å²) in [7, 11) is 0. The molecule has 4 rings (SSSR count). The number of rotatable bonds is 8. The summed E-state index contributed by atoms with van der Waals surface area (Å²) in [6, 6.07) is 30.0. The first-order valence-electron chi connectivity index (χ1n) is 11.6. The van der Waals surface area contributed by atoms with Gasteiger partial charge < -0.3 is 10.1 Å². The van der Waals surface area contributed by atoms with Crippen LogP contribution in [0.25, 0.3) is 0 Å². The molecule has 7 nitrogen and oxygen atoms in total. The Bertz CT molecular complexity index is 1430. The molecule has 0 saturated heterocycles. The summed E-state index contributed by atoms with van der Waals surface area (Å²) in [6.45, 7) is 1.92. The van der Waals surface area contributed by atoms with Crippen LogP contribution in [0.1, 0.15) is 37.4 Å². The van der Waals surface area contributed by atoms with Gasteiger partial charge in [-0.2, -0.15) is 5.10 Å². The molecule has 0 bridgehead atoms. The number of hydrogen-bond donors (Lipinski definition) is 2. The lowest BCUT2D eigenvalue weighted by atomic mass is 10.1. The van der Waals surface area contributed by atoms with Crippen LogP contribution in [-0.2, 0) is 11.2 Å². The van der Waals surface area contributed by atoms with Gasteiger partial charge in [0, 0.05) is 22.4 Å². The molecule has 2 N–H and O–H groups in total. The van der Waals surface area contributed by atoms with Crippen molar-refractivity contribution in [3.8, 4) is 5.75 Å². The van der Waals surface area contributed by atoms with Gasteiger partial charge in [-0.3, -0.25) is 14.4 Å². The Morgan fingerprint density at radius 2 is 1.51 bits per heavy atom. The van der Waals surface area contributed by atoms with Crippen molar-refractivity contribution in [2.24, 2.45) is 5.10 Å². The van der Waals surface area contributed by atoms with Crippen LogP contribution in [0.15, 0.2) is 108 Å². The first-order chi connectivity index (χ1) is 18.0. The maximum atomic E-state index is 12.5. The number of para-hydroxylation sites is 1. The number of carbonyl (C=O) groups excluding carboxylic acids is 3. The van der Waals surface area contributed by atoms with Gasteiger partial charge in [-0.15, -0.1) is 0 Å². The summed E-state index contributed by atoms with van der Waals surface area (Å²) in [6.07, 6.45) is 1.56. The van der Waals surface area contributed by atoms with Gasteiger partial charge >= 0.3 is 5.97 Å². The molecule has 0 aliphatic rings. The molecule has 4 aromatic carbocycles. The second-order valence-corrected chi connectivity index (χ2v) is 8.27. The number of nitrogens with zero attached hydrogens (tertiary/aromatic N) is 1. The number of benzene rings is 4. The highest BCUT2D eigenvalue weighted by atomic mass is 16.5. The van der Waals surface area contributed by atoms with Crippen LogP contribution >= 0.6 is 0 Å². The molecular weight excluding hydrogens is 466 g/mol. The molecule has 2 amide bonds. The maximum absolute atomic E-state index is 12.5. The zero-order valence-corrected chi connectivity index (χ0v) is 20.2. The van der Waals surface area contributed by atoms with Crippen molar-refractivity contribution >= 4 is 29.7 Å². The van der Waals surface area contributed by atoms with Crippen LogP contribution in [0.2, 0.25) is 0 Å². The largest absolute Gasteiger partial charge is 0.426 e. The fraction of sp³-hybridized carbons (Fsp3) is 0.0667. The van der Waals surface area contributed by atoms with E-state index in [1.165, 1.54) is 6.21 Å². The van der Waals surface area contributed by atoms with E-state index in [-0.39, 0.29) is 12.3 Å². The van der Waals surface area contributed by atoms with Crippen molar-refractivity contribution < 1.29 is 19.1 Å². The lowest BCUT2D eigenvalue weighted by Crippen LogP contribution is -2.18. The monoisotopic (exact) mass is 491 g/mol. The molecule has 0 unspecified atom stereocenters. The molecule has 0 aliphatic carbocycles. The second kappa shape index (κ2) is 12.1. The number of amides is 2. The van der Waals surface area contributed by atoms with Gasteiger partial charge in [-0.1, -0.05) is 60.2 Å². The standard InChI is InChI=1S/C30H25N3O4/c1-21-8-7-12-24(18-21)29(35)32-26-16-14-23(15-17-26)30(36)33-31-20-25-11-5-6-13-27(25)37-28(34)19-22-9-3-2-4-10-22/h2-18,20H,19H2,1H3,(H,32,35)(H,33,36)/b31-20-. The summed E-state index contributed by atoms with van der Waals surface area (Å²) in [5.41, 5.74) is 6.34. The van der Waals surface area contributed by atoms with E-state index in [9.17, 15) is 14.4 Å². The van der Waals surface area contributed by atoms with Crippen LogP contribution < -0.4 is 15.5 Å². The van der Waals surface area contributed by atoms with E-state index in [2.05, 4.69) is 15.8 Å². The number of hydrazone groups is 1. The predicted octanol–water partition coefficient (Wildman–Crippen LogP) is 5.16. The fourth-order valence-electron chi connectivity index (χ4n) is 3.52. The molecule has 0 radical (unpaired) electrons. The third-order valence-corrected chi connectivity index (χ3v) is 5.39. The first-order valence-corrected chi connectivity index (χ1v) is 11.6. The Hall–Kier alpha value is -5.04. The first kappa shape index (κ1) is 25.1. The van der Waals surface area contributed by atoms with E-state index < -0.39 is 11.9 Å². The second-order valence-electron chi connectivity index (χ2n) is 8.27. The van der Waals surface area contributed by atoms with Crippen molar-refractivity contribution in [3.63, 3.8) is 0 Å². The normalized spacial score (nSPS) is 10.6. The number of carbonyl (C=O) groups is 3. The van der Waals surface area contributed by atoms with Crippen LogP contribution in [0.3, 0.4) is 0 Å². The lowest BCUT2D eigenvalue weighted by Gasteiger charge is -2.08. The summed E-state index contributed by atoms with van der Waals surface area (Å²) in [5, 5.41) is 6.81. The van der Waals surface area contributed by atoms with Crippen molar-refractivity contribution in [3.05, 3.63) is 131 Å². The summed E-state index contributed by atoms with van der Waals surface area (Å²) in [4.78, 5) is 37.2. The molecule has 0 aromatic heterocycles. The van der Waals surface area contributed by atoms with Crippen LogP contribution in [0.5, 0.6) is 5.75 Å².